The van der Waals surface area contributed by atoms with Crippen LogP contribution in [0.2, 0.25) is 0 Å². The van der Waals surface area contributed by atoms with Crippen molar-refractivity contribution in [2.75, 3.05) is 11.9 Å². The first-order valence-corrected chi connectivity index (χ1v) is 9.58. The lowest BCUT2D eigenvalue weighted by atomic mass is 10.1. The largest absolute Gasteiger partial charge is 0.330 e. The van der Waals surface area contributed by atoms with Gasteiger partial charge in [-0.2, -0.15) is 0 Å². The second-order valence-electron chi connectivity index (χ2n) is 7.08. The Morgan fingerprint density at radius 1 is 1.00 bits per heavy atom. The number of nitrogens with one attached hydrogen (secondary N) is 2. The number of imide groups is 1. The molecule has 0 bridgehead atoms. The molecule has 2 aromatic carbocycles. The zero-order chi connectivity index (χ0) is 21.3. The summed E-state index contributed by atoms with van der Waals surface area (Å²) in [7, 11) is 0. The van der Waals surface area contributed by atoms with Crippen LogP contribution in [-0.2, 0) is 4.79 Å². The molecule has 2 heterocycles. The summed E-state index contributed by atoms with van der Waals surface area (Å²) in [6.45, 7) is 1.99. The SMILES string of the molecule is Cc1c[nH]c(=O)n1-c1cccc(NC(=O)CCCN2C(=O)c3ccccc3C2=O)c1. The third-order valence-electron chi connectivity index (χ3n) is 5.01. The minimum Gasteiger partial charge on any atom is -0.326 e. The van der Waals surface area contributed by atoms with Crippen LogP contribution in [0.3, 0.4) is 0 Å². The van der Waals surface area contributed by atoms with Gasteiger partial charge in [-0.25, -0.2) is 4.79 Å². The number of benzene rings is 2. The lowest BCUT2D eigenvalue weighted by Gasteiger charge is -2.13. The molecule has 0 spiro atoms. The number of rotatable bonds is 6. The van der Waals surface area contributed by atoms with Crippen molar-refractivity contribution in [2.45, 2.75) is 19.8 Å². The highest BCUT2D eigenvalue weighted by Gasteiger charge is 2.34. The Bertz CT molecular complexity index is 1170. The van der Waals surface area contributed by atoms with Gasteiger partial charge in [0, 0.05) is 30.5 Å². The van der Waals surface area contributed by atoms with E-state index in [1.54, 1.807) is 54.7 Å². The molecular weight excluding hydrogens is 384 g/mol. The number of aryl methyl sites for hydroxylation is 1. The minimum atomic E-state index is -0.323. The van der Waals surface area contributed by atoms with Crippen LogP contribution >= 0.6 is 0 Å². The van der Waals surface area contributed by atoms with Crippen LogP contribution in [0, 0.1) is 6.92 Å². The Morgan fingerprint density at radius 3 is 2.33 bits per heavy atom. The molecule has 8 nitrogen and oxygen atoms in total. The van der Waals surface area contributed by atoms with Crippen molar-refractivity contribution in [1.29, 1.82) is 0 Å². The summed E-state index contributed by atoms with van der Waals surface area (Å²) in [6, 6.07) is 13.7. The van der Waals surface area contributed by atoms with Gasteiger partial charge >= 0.3 is 5.69 Å². The van der Waals surface area contributed by atoms with Crippen LogP contribution < -0.4 is 11.0 Å². The van der Waals surface area contributed by atoms with Crippen LogP contribution in [0.4, 0.5) is 5.69 Å². The van der Waals surface area contributed by atoms with E-state index in [2.05, 4.69) is 10.3 Å². The summed E-state index contributed by atoms with van der Waals surface area (Å²) >= 11 is 0. The van der Waals surface area contributed by atoms with E-state index in [1.165, 1.54) is 9.47 Å². The maximum absolute atomic E-state index is 12.4. The van der Waals surface area contributed by atoms with Crippen molar-refractivity contribution in [1.82, 2.24) is 14.5 Å². The normalized spacial score (nSPS) is 12.9. The third-order valence-corrected chi connectivity index (χ3v) is 5.01. The van der Waals surface area contributed by atoms with E-state index < -0.39 is 0 Å². The van der Waals surface area contributed by atoms with Crippen molar-refractivity contribution in [3.05, 3.63) is 82.0 Å². The number of aromatic nitrogens is 2. The first-order valence-electron chi connectivity index (χ1n) is 9.58. The van der Waals surface area contributed by atoms with Gasteiger partial charge in [0.1, 0.15) is 0 Å². The number of anilines is 1. The Labute approximate surface area is 172 Å². The van der Waals surface area contributed by atoms with Gasteiger partial charge in [-0.05, 0) is 43.7 Å². The van der Waals surface area contributed by atoms with E-state index in [0.29, 0.717) is 28.9 Å². The van der Waals surface area contributed by atoms with E-state index >= 15 is 0 Å². The number of nitrogens with zero attached hydrogens (tertiary/aromatic N) is 2. The highest BCUT2D eigenvalue weighted by molar-refractivity contribution is 6.21. The highest BCUT2D eigenvalue weighted by Crippen LogP contribution is 2.22. The molecule has 0 aliphatic carbocycles. The standard InChI is InChI=1S/C22H20N4O4/c1-14-13-23-22(30)26(14)16-7-4-6-15(12-16)24-19(27)10-5-11-25-20(28)17-8-2-3-9-18(17)21(25)29/h2-4,6-9,12-13H,5,10-11H2,1H3,(H,23,30)(H,24,27). The Kier molecular flexibility index (Phi) is 5.05. The fraction of sp³-hybridized carbons (Fsp3) is 0.182. The van der Waals surface area contributed by atoms with E-state index in [9.17, 15) is 19.2 Å². The van der Waals surface area contributed by atoms with Gasteiger partial charge in [-0.15, -0.1) is 0 Å². The molecule has 0 unspecified atom stereocenters. The number of carbonyl (C=O) groups is 3. The number of carbonyl (C=O) groups excluding carboxylic acids is 3. The molecule has 8 heteroatoms. The lowest BCUT2D eigenvalue weighted by molar-refractivity contribution is -0.116. The third kappa shape index (κ3) is 3.55. The Balaban J connectivity index is 1.35. The molecule has 0 saturated heterocycles. The molecular formula is C22H20N4O4. The van der Waals surface area contributed by atoms with Crippen molar-refractivity contribution < 1.29 is 14.4 Å². The number of hydrogen-bond acceptors (Lipinski definition) is 4. The topological polar surface area (TPSA) is 104 Å². The molecule has 0 atom stereocenters. The maximum atomic E-state index is 12.4. The number of hydrogen-bond donors (Lipinski definition) is 2. The van der Waals surface area contributed by atoms with Crippen molar-refractivity contribution in [3.63, 3.8) is 0 Å². The van der Waals surface area contributed by atoms with Crippen molar-refractivity contribution in [3.8, 4) is 5.69 Å². The number of amides is 3. The van der Waals surface area contributed by atoms with Gasteiger partial charge in [0.05, 0.1) is 16.8 Å². The van der Waals surface area contributed by atoms with Gasteiger partial charge in [-0.3, -0.25) is 23.9 Å². The van der Waals surface area contributed by atoms with E-state index in [4.69, 9.17) is 0 Å². The predicted octanol–water partition coefficient (Wildman–Crippen LogP) is 2.49. The lowest BCUT2D eigenvalue weighted by Crippen LogP contribution is -2.31. The van der Waals surface area contributed by atoms with Gasteiger partial charge < -0.3 is 10.3 Å². The molecule has 1 aromatic heterocycles. The molecule has 0 saturated carbocycles. The van der Waals surface area contributed by atoms with Gasteiger partial charge in [-0.1, -0.05) is 18.2 Å². The second kappa shape index (κ2) is 7.82. The zero-order valence-electron chi connectivity index (χ0n) is 16.3. The monoisotopic (exact) mass is 404 g/mol. The zero-order valence-corrected chi connectivity index (χ0v) is 16.3. The molecule has 0 fully saturated rings. The van der Waals surface area contributed by atoms with Crippen molar-refractivity contribution >= 4 is 23.4 Å². The summed E-state index contributed by atoms with van der Waals surface area (Å²) in [5, 5.41) is 2.80. The summed E-state index contributed by atoms with van der Waals surface area (Å²) in [5.41, 5.74) is 2.51. The van der Waals surface area contributed by atoms with Crippen LogP contribution in [0.15, 0.2) is 59.5 Å². The maximum Gasteiger partial charge on any atom is 0.330 e. The van der Waals surface area contributed by atoms with E-state index in [0.717, 1.165) is 5.69 Å². The molecule has 152 valence electrons. The summed E-state index contributed by atoms with van der Waals surface area (Å²) in [6.07, 6.45) is 2.13. The van der Waals surface area contributed by atoms with Gasteiger partial charge in [0.2, 0.25) is 5.91 Å². The van der Waals surface area contributed by atoms with Crippen LogP contribution in [0.1, 0.15) is 39.3 Å². The van der Waals surface area contributed by atoms with E-state index in [-0.39, 0.29) is 36.4 Å². The second-order valence-corrected chi connectivity index (χ2v) is 7.08. The average Bonchev–Trinajstić information content (AvgIpc) is 3.19. The summed E-state index contributed by atoms with van der Waals surface area (Å²) in [5.74, 6) is -0.881. The minimum absolute atomic E-state index is 0.154. The number of H-pyrrole nitrogens is 1. The number of fused-ring (bicyclic) bond motifs is 1. The molecule has 30 heavy (non-hydrogen) atoms. The molecule has 3 aromatic rings. The number of imidazole rings is 1. The fourth-order valence-corrected chi connectivity index (χ4v) is 3.56. The van der Waals surface area contributed by atoms with Crippen LogP contribution in [0.5, 0.6) is 0 Å². The highest BCUT2D eigenvalue weighted by atomic mass is 16.2. The molecule has 1 aliphatic heterocycles. The van der Waals surface area contributed by atoms with Gasteiger partial charge in [0.15, 0.2) is 0 Å². The quantitative estimate of drug-likeness (QED) is 0.616. The molecule has 4 rings (SSSR count). The molecule has 3 amide bonds. The first kappa shape index (κ1) is 19.4. The van der Waals surface area contributed by atoms with Crippen LogP contribution in [0.25, 0.3) is 5.69 Å². The average molecular weight is 404 g/mol. The summed E-state index contributed by atoms with van der Waals surface area (Å²) < 4.78 is 1.51. The predicted molar refractivity (Wildman–Crippen MR) is 111 cm³/mol. The molecule has 0 radical (unpaired) electrons. The Morgan fingerprint density at radius 2 is 1.70 bits per heavy atom. The molecule has 2 N–H and O–H groups in total. The van der Waals surface area contributed by atoms with Gasteiger partial charge in [0.25, 0.3) is 11.8 Å². The smallest absolute Gasteiger partial charge is 0.326 e. The molecule has 1 aliphatic rings. The summed E-state index contributed by atoms with van der Waals surface area (Å²) in [4.78, 5) is 52.8. The first-order chi connectivity index (χ1) is 14.5. The number of aromatic amines is 1. The Hall–Kier alpha value is -3.94. The van der Waals surface area contributed by atoms with E-state index in [1.807, 2.05) is 6.92 Å². The van der Waals surface area contributed by atoms with Crippen LogP contribution in [-0.4, -0.2) is 38.7 Å². The van der Waals surface area contributed by atoms with Crippen molar-refractivity contribution in [2.24, 2.45) is 0 Å². The fourth-order valence-electron chi connectivity index (χ4n) is 3.56.